The number of para-hydroxylation sites is 1. The van der Waals surface area contributed by atoms with Crippen LogP contribution in [0.15, 0.2) is 72.8 Å². The van der Waals surface area contributed by atoms with Crippen LogP contribution in [-0.4, -0.2) is 40.5 Å². The number of ether oxygens (including phenoxy) is 1. The third kappa shape index (κ3) is 7.75. The van der Waals surface area contributed by atoms with E-state index >= 15 is 0 Å². The van der Waals surface area contributed by atoms with Gasteiger partial charge in [0.25, 0.3) is 5.91 Å². The maximum Gasteiger partial charge on any atom is 0.408 e. The Labute approximate surface area is 243 Å². The van der Waals surface area contributed by atoms with Gasteiger partial charge in [0, 0.05) is 18.2 Å². The second-order valence-electron chi connectivity index (χ2n) is 11.9. The first kappa shape index (κ1) is 29.8. The van der Waals surface area contributed by atoms with Gasteiger partial charge in [0.1, 0.15) is 17.7 Å². The van der Waals surface area contributed by atoms with Crippen molar-refractivity contribution in [3.8, 4) is 0 Å². The summed E-state index contributed by atoms with van der Waals surface area (Å²) in [5.74, 6) is -0.595. The second kappa shape index (κ2) is 12.6. The Morgan fingerprint density at radius 2 is 1.44 bits per heavy atom. The van der Waals surface area contributed by atoms with E-state index < -0.39 is 23.8 Å². The highest BCUT2D eigenvalue weighted by Gasteiger charge is 2.45. The van der Waals surface area contributed by atoms with Gasteiger partial charge in [-0.3, -0.25) is 9.59 Å². The predicted octanol–water partition coefficient (Wildman–Crippen LogP) is 6.42. The van der Waals surface area contributed by atoms with Crippen LogP contribution in [0.1, 0.15) is 67.5 Å². The minimum Gasteiger partial charge on any atom is -0.444 e. The molecule has 1 aliphatic rings. The zero-order valence-corrected chi connectivity index (χ0v) is 24.9. The minimum atomic E-state index is -0.925. The molecule has 7 nitrogen and oxygen atoms in total. The molecule has 3 aromatic rings. The molecule has 0 aromatic heterocycles. The molecule has 0 spiro atoms. The predicted molar refractivity (Wildman–Crippen MR) is 162 cm³/mol. The molecule has 0 bridgehead atoms. The van der Waals surface area contributed by atoms with E-state index in [1.54, 1.807) is 25.7 Å². The van der Waals surface area contributed by atoms with E-state index in [-0.39, 0.29) is 24.3 Å². The molecule has 2 unspecified atom stereocenters. The molecule has 1 aliphatic carbocycles. The number of nitrogens with zero attached hydrogens (tertiary/aromatic N) is 1. The number of benzene rings is 3. The Kier molecular flexibility index (Phi) is 9.16. The Morgan fingerprint density at radius 3 is 2.02 bits per heavy atom. The van der Waals surface area contributed by atoms with Crippen molar-refractivity contribution in [2.24, 2.45) is 0 Å². The molecule has 3 aromatic carbocycles. The molecule has 1 saturated carbocycles. The number of anilines is 1. The fourth-order valence-corrected chi connectivity index (χ4v) is 5.12. The Morgan fingerprint density at radius 1 is 0.854 bits per heavy atom. The van der Waals surface area contributed by atoms with Crippen molar-refractivity contribution >= 4 is 23.6 Å². The number of nitrogens with one attached hydrogen (secondary N) is 2. The van der Waals surface area contributed by atoms with Crippen LogP contribution in [0.5, 0.6) is 0 Å². The van der Waals surface area contributed by atoms with Gasteiger partial charge in [0.05, 0.1) is 0 Å². The molecular formula is C34H41N3O4. The molecule has 0 saturated heterocycles. The molecule has 41 heavy (non-hydrogen) atoms. The molecule has 0 aliphatic heterocycles. The van der Waals surface area contributed by atoms with E-state index in [0.29, 0.717) is 5.69 Å². The van der Waals surface area contributed by atoms with Crippen molar-refractivity contribution in [2.45, 2.75) is 84.5 Å². The van der Waals surface area contributed by atoms with Gasteiger partial charge in [0.15, 0.2) is 0 Å². The van der Waals surface area contributed by atoms with Crippen molar-refractivity contribution in [1.29, 1.82) is 0 Å². The summed E-state index contributed by atoms with van der Waals surface area (Å²) in [5, 5.41) is 5.93. The summed E-state index contributed by atoms with van der Waals surface area (Å²) in [6, 6.07) is 21.1. The third-order valence-electron chi connectivity index (χ3n) is 7.21. The van der Waals surface area contributed by atoms with Crippen molar-refractivity contribution in [3.05, 3.63) is 101 Å². The number of carbonyl (C=O) groups excluding carboxylic acids is 3. The topological polar surface area (TPSA) is 87.7 Å². The maximum absolute atomic E-state index is 14.6. The molecule has 2 atom stereocenters. The van der Waals surface area contributed by atoms with Crippen LogP contribution in [-0.2, 0) is 20.7 Å². The molecule has 0 radical (unpaired) electrons. The van der Waals surface area contributed by atoms with E-state index in [4.69, 9.17) is 4.74 Å². The normalized spacial score (nSPS) is 14.5. The number of hydrogen-bond donors (Lipinski definition) is 2. The van der Waals surface area contributed by atoms with Gasteiger partial charge in [-0.15, -0.1) is 0 Å². The van der Waals surface area contributed by atoms with Gasteiger partial charge in [0.2, 0.25) is 5.91 Å². The maximum atomic E-state index is 14.6. The van der Waals surface area contributed by atoms with Crippen molar-refractivity contribution in [3.63, 3.8) is 0 Å². The van der Waals surface area contributed by atoms with E-state index in [9.17, 15) is 14.4 Å². The minimum absolute atomic E-state index is 0.118. The van der Waals surface area contributed by atoms with Crippen LogP contribution >= 0.6 is 0 Å². The lowest BCUT2D eigenvalue weighted by molar-refractivity contribution is -0.141. The van der Waals surface area contributed by atoms with E-state index in [1.165, 1.54) is 0 Å². The van der Waals surface area contributed by atoms with Crippen LogP contribution in [0.2, 0.25) is 0 Å². The molecule has 7 heteroatoms. The Balaban J connectivity index is 1.76. The molecule has 2 N–H and O–H groups in total. The van der Waals surface area contributed by atoms with Crippen molar-refractivity contribution in [2.75, 3.05) is 5.32 Å². The highest BCUT2D eigenvalue weighted by Crippen LogP contribution is 2.38. The van der Waals surface area contributed by atoms with Gasteiger partial charge in [-0.1, -0.05) is 66.7 Å². The Bertz CT molecular complexity index is 1370. The first-order chi connectivity index (χ1) is 19.4. The van der Waals surface area contributed by atoms with Gasteiger partial charge < -0.3 is 20.3 Å². The molecule has 1 fully saturated rings. The molecule has 4 rings (SSSR count). The average Bonchev–Trinajstić information content (AvgIpc) is 3.73. The summed E-state index contributed by atoms with van der Waals surface area (Å²) in [7, 11) is 0. The quantitative estimate of drug-likeness (QED) is 0.319. The highest BCUT2D eigenvalue weighted by atomic mass is 16.6. The highest BCUT2D eigenvalue weighted by molar-refractivity contribution is 6.00. The van der Waals surface area contributed by atoms with Crippen LogP contribution in [0.3, 0.4) is 0 Å². The summed E-state index contributed by atoms with van der Waals surface area (Å²) in [6.07, 6.45) is 1.17. The van der Waals surface area contributed by atoms with E-state index in [1.807, 2.05) is 93.6 Å². The summed E-state index contributed by atoms with van der Waals surface area (Å²) < 4.78 is 5.53. The average molecular weight is 556 g/mol. The van der Waals surface area contributed by atoms with Gasteiger partial charge in [-0.25, -0.2) is 4.79 Å². The monoisotopic (exact) mass is 555 g/mol. The molecule has 216 valence electrons. The first-order valence-corrected chi connectivity index (χ1v) is 14.2. The summed E-state index contributed by atoms with van der Waals surface area (Å²) in [5.41, 5.74) is 4.44. The van der Waals surface area contributed by atoms with E-state index in [0.717, 1.165) is 40.7 Å². The number of carbonyl (C=O) groups is 3. The van der Waals surface area contributed by atoms with Crippen LogP contribution < -0.4 is 10.6 Å². The lowest BCUT2D eigenvalue weighted by atomic mass is 9.93. The van der Waals surface area contributed by atoms with Gasteiger partial charge >= 0.3 is 6.09 Å². The Hall–Kier alpha value is -4.13. The summed E-state index contributed by atoms with van der Waals surface area (Å²) in [6.45, 7) is 11.2. The second-order valence-corrected chi connectivity index (χ2v) is 11.9. The number of amides is 3. The lowest BCUT2D eigenvalue weighted by Gasteiger charge is -2.36. The largest absolute Gasteiger partial charge is 0.444 e. The van der Waals surface area contributed by atoms with Crippen LogP contribution in [0.25, 0.3) is 0 Å². The first-order valence-electron chi connectivity index (χ1n) is 14.2. The standard InChI is InChI=1S/C34H41N3O4/c1-22-13-10-11-18-27(22)35-31(38)30(29-23(2)14-12-15-24(29)3)37(26-19-20-26)32(39)28(21-25-16-8-7-9-17-25)36-33(40)41-34(4,5)6/h7-18,26,28,30H,19-21H2,1-6H3,(H,35,38)(H,36,40). The number of alkyl carbamates (subject to hydrolysis) is 1. The third-order valence-corrected chi connectivity index (χ3v) is 7.21. The van der Waals surface area contributed by atoms with E-state index in [2.05, 4.69) is 10.6 Å². The fourth-order valence-electron chi connectivity index (χ4n) is 5.12. The van der Waals surface area contributed by atoms with Crippen molar-refractivity contribution < 1.29 is 19.1 Å². The fraction of sp³-hybridized carbons (Fsp3) is 0.382. The van der Waals surface area contributed by atoms with Gasteiger partial charge in [-0.2, -0.15) is 0 Å². The molecular weight excluding hydrogens is 514 g/mol. The number of rotatable bonds is 9. The summed E-state index contributed by atoms with van der Waals surface area (Å²) in [4.78, 5) is 43.4. The lowest BCUT2D eigenvalue weighted by Crippen LogP contribution is -2.54. The van der Waals surface area contributed by atoms with Gasteiger partial charge in [-0.05, 0) is 88.3 Å². The number of aryl methyl sites for hydroxylation is 3. The zero-order valence-electron chi connectivity index (χ0n) is 24.9. The zero-order chi connectivity index (χ0) is 29.7. The molecule has 0 heterocycles. The summed E-state index contributed by atoms with van der Waals surface area (Å²) >= 11 is 0. The van der Waals surface area contributed by atoms with Crippen LogP contribution in [0.4, 0.5) is 10.5 Å². The van der Waals surface area contributed by atoms with Crippen molar-refractivity contribution in [1.82, 2.24) is 10.2 Å². The molecule has 3 amide bonds. The smallest absolute Gasteiger partial charge is 0.408 e. The van der Waals surface area contributed by atoms with Crippen LogP contribution in [0, 0.1) is 20.8 Å². The SMILES string of the molecule is Cc1ccccc1NC(=O)C(c1c(C)cccc1C)N(C(=O)C(Cc1ccccc1)NC(=O)OC(C)(C)C)C1CC1. The number of hydrogen-bond acceptors (Lipinski definition) is 4.